The second-order valence-electron chi connectivity index (χ2n) is 9.96. The summed E-state index contributed by atoms with van der Waals surface area (Å²) in [6.45, 7) is 0. The third-order valence-corrected chi connectivity index (χ3v) is 10.2. The van der Waals surface area contributed by atoms with Crippen molar-refractivity contribution in [3.05, 3.63) is 64.9 Å². The predicted molar refractivity (Wildman–Crippen MR) is 173 cm³/mol. The van der Waals surface area contributed by atoms with Gasteiger partial charge in [0.2, 0.25) is 17.2 Å². The van der Waals surface area contributed by atoms with Crippen LogP contribution in [-0.4, -0.2) is 77.0 Å². The van der Waals surface area contributed by atoms with Gasteiger partial charge in [-0.1, -0.05) is 17.7 Å². The van der Waals surface area contributed by atoms with Crippen molar-refractivity contribution in [1.82, 2.24) is 15.0 Å². The molecule has 1 aromatic heterocycles. The van der Waals surface area contributed by atoms with Gasteiger partial charge < -0.3 is 39.1 Å². The van der Waals surface area contributed by atoms with Crippen molar-refractivity contribution in [2.75, 3.05) is 10.6 Å². The molecule has 21 nitrogen and oxygen atoms in total. The number of benzene rings is 4. The Morgan fingerprint density at radius 3 is 1.78 bits per heavy atom. The molecule has 0 aliphatic rings. The molecule has 292 valence electrons. The first-order chi connectivity index (χ1) is 23.9. The van der Waals surface area contributed by atoms with E-state index >= 15 is 0 Å². The summed E-state index contributed by atoms with van der Waals surface area (Å²) in [7, 11) is -21.0. The fourth-order valence-corrected chi connectivity index (χ4v) is 6.97. The van der Waals surface area contributed by atoms with Crippen LogP contribution in [0.4, 0.5) is 34.6 Å². The van der Waals surface area contributed by atoms with Gasteiger partial charge in [0, 0.05) is 11.1 Å². The van der Waals surface area contributed by atoms with Crippen molar-refractivity contribution in [2.24, 2.45) is 10.2 Å². The van der Waals surface area contributed by atoms with Crippen LogP contribution >= 0.6 is 23.2 Å². The maximum Gasteiger partial charge on any atom is 2.00 e. The molecule has 0 saturated heterocycles. The number of rotatable bonds is 10. The van der Waals surface area contributed by atoms with E-state index in [0.29, 0.717) is 30.3 Å². The fourth-order valence-electron chi connectivity index (χ4n) is 4.32. The van der Waals surface area contributed by atoms with E-state index in [1.165, 1.54) is 12.1 Å². The molecule has 0 saturated carbocycles. The largest absolute Gasteiger partial charge is 2.00 e. The third-order valence-electron chi connectivity index (χ3n) is 6.48. The molecule has 0 fully saturated rings. The van der Waals surface area contributed by atoms with Gasteiger partial charge in [-0.3, -0.25) is 0 Å². The first-order valence-electron chi connectivity index (χ1n) is 13.1. The number of nitrogens with zero attached hydrogens (tertiary/aromatic N) is 5. The van der Waals surface area contributed by atoms with Crippen LogP contribution in [0.25, 0.3) is 10.8 Å². The van der Waals surface area contributed by atoms with Crippen molar-refractivity contribution < 1.29 is 96.2 Å². The SMILES string of the molecule is O=S(=O)([O-])c1cccc(Nc2nc(Cl)nc(Nc3cc(S(=O)(=O)[O-])cc4cc(S(=O)(=O)[O-])c(N=Nc5cc(S(=O)(=O)[O-])cc(Cl)c5O)c(O)c34)n2)c1.[Cu+2].[Cu+2]. The Balaban J connectivity index is 0.00000392. The van der Waals surface area contributed by atoms with Crippen molar-refractivity contribution in [3.63, 3.8) is 0 Å². The summed E-state index contributed by atoms with van der Waals surface area (Å²) < 4.78 is 142. The Bertz CT molecular complexity index is 2820. The van der Waals surface area contributed by atoms with Crippen LogP contribution in [0, 0.1) is 0 Å². The van der Waals surface area contributed by atoms with Crippen LogP contribution in [0.15, 0.2) is 84.4 Å². The summed E-state index contributed by atoms with van der Waals surface area (Å²) in [6.07, 6.45) is 0. The molecule has 5 rings (SSSR count). The molecular formula is C25H13Cl2Cu2N7O14S4. The monoisotopic (exact) mass is 959 g/mol. The molecule has 4 N–H and O–H groups in total. The number of fused-ring (bicyclic) bond motifs is 1. The summed E-state index contributed by atoms with van der Waals surface area (Å²) in [5, 5.41) is 31.1. The molecule has 5 aromatic rings. The van der Waals surface area contributed by atoms with Crippen molar-refractivity contribution in [1.29, 1.82) is 0 Å². The summed E-state index contributed by atoms with van der Waals surface area (Å²) >= 11 is 11.8. The second-order valence-corrected chi connectivity index (χ2v) is 16.2. The molecule has 0 amide bonds. The molecule has 29 heteroatoms. The minimum absolute atomic E-state index is 0. The Morgan fingerprint density at radius 2 is 1.20 bits per heavy atom. The van der Waals surface area contributed by atoms with Crippen LogP contribution in [0.2, 0.25) is 10.3 Å². The van der Waals surface area contributed by atoms with Crippen LogP contribution in [0.1, 0.15) is 0 Å². The number of aromatic nitrogens is 3. The molecular weight excluding hydrogens is 949 g/mol. The van der Waals surface area contributed by atoms with Crippen LogP contribution in [0.5, 0.6) is 11.5 Å². The quantitative estimate of drug-likeness (QED) is 0.0886. The van der Waals surface area contributed by atoms with E-state index in [1.54, 1.807) is 0 Å². The zero-order chi connectivity index (χ0) is 38.6. The Labute approximate surface area is 334 Å². The maximum absolute atomic E-state index is 12.3. The van der Waals surface area contributed by atoms with E-state index in [2.05, 4.69) is 35.8 Å². The Morgan fingerprint density at radius 1 is 0.630 bits per heavy atom. The Kier molecular flexibility index (Phi) is 13.3. The molecule has 0 bridgehead atoms. The maximum atomic E-state index is 12.3. The topological polar surface area (TPSA) is 357 Å². The number of halogens is 2. The normalized spacial score (nSPS) is 12.3. The standard InChI is InChI=1S/C25H17Cl2N7O14S4.2Cu/c26-15-7-14(51(43,44)45)9-17(21(15)35)33-34-20-18(52(46,47)48)5-10-4-13(50(40,41)42)8-16(19(10)22(20)36)29-25-31-23(27)30-24(32-25)28-11-2-1-3-12(6-11)49(37,38)39;;/h1-9,35-36H,(H,37,38,39)(H,40,41,42)(H,43,44,45)(H,46,47,48)(H2,28,29,30,31,32);;/q;2*+2/p-4. The smallest absolute Gasteiger partial charge is 0.744 e. The number of nitrogens with one attached hydrogen (secondary N) is 2. The summed E-state index contributed by atoms with van der Waals surface area (Å²) in [5.74, 6) is -3.16. The average molecular weight is 962 g/mol. The zero-order valence-electron chi connectivity index (χ0n) is 25.2. The van der Waals surface area contributed by atoms with E-state index < -0.39 is 122 Å². The molecule has 2 radical (unpaired) electrons. The van der Waals surface area contributed by atoms with Gasteiger partial charge in [0.05, 0.1) is 30.3 Å². The molecule has 0 unspecified atom stereocenters. The van der Waals surface area contributed by atoms with Gasteiger partial charge in [-0.2, -0.15) is 15.0 Å². The van der Waals surface area contributed by atoms with Gasteiger partial charge in [-0.25, -0.2) is 33.7 Å². The first kappa shape index (κ1) is 44.6. The summed E-state index contributed by atoms with van der Waals surface area (Å²) in [5.41, 5.74) is -2.62. The van der Waals surface area contributed by atoms with Crippen LogP contribution < -0.4 is 10.6 Å². The molecule has 54 heavy (non-hydrogen) atoms. The summed E-state index contributed by atoms with van der Waals surface area (Å²) in [6, 6.07) is 7.26. The van der Waals surface area contributed by atoms with Crippen LogP contribution in [0.3, 0.4) is 0 Å². The first-order valence-corrected chi connectivity index (χ1v) is 19.5. The number of aromatic hydroxyl groups is 2. The number of hydrogen-bond donors (Lipinski definition) is 4. The molecule has 1 heterocycles. The average Bonchev–Trinajstić information content (AvgIpc) is 3.00. The molecule has 0 aliphatic carbocycles. The van der Waals surface area contributed by atoms with Crippen LogP contribution in [-0.2, 0) is 74.6 Å². The van der Waals surface area contributed by atoms with Crippen molar-refractivity contribution in [3.8, 4) is 11.5 Å². The van der Waals surface area contributed by atoms with Gasteiger partial charge in [-0.15, -0.1) is 10.2 Å². The van der Waals surface area contributed by atoms with Gasteiger partial charge in [0.1, 0.15) is 51.8 Å². The Hall–Kier alpha value is -3.79. The van der Waals surface area contributed by atoms with Gasteiger partial charge in [-0.05, 0) is 65.5 Å². The van der Waals surface area contributed by atoms with Crippen molar-refractivity contribution >= 4 is 109 Å². The minimum Gasteiger partial charge on any atom is -0.744 e. The number of hydrogen-bond acceptors (Lipinski definition) is 21. The molecule has 0 aliphatic heterocycles. The molecule has 0 spiro atoms. The predicted octanol–water partition coefficient (Wildman–Crippen LogP) is 3.26. The van der Waals surface area contributed by atoms with E-state index in [9.17, 15) is 62.1 Å². The van der Waals surface area contributed by atoms with Crippen molar-refractivity contribution in [2.45, 2.75) is 19.6 Å². The number of anilines is 4. The number of phenols is 2. The van der Waals surface area contributed by atoms with E-state index in [4.69, 9.17) is 23.2 Å². The zero-order valence-corrected chi connectivity index (χ0v) is 31.9. The van der Waals surface area contributed by atoms with Gasteiger partial charge in [0.15, 0.2) is 11.5 Å². The molecule has 0 atom stereocenters. The van der Waals surface area contributed by atoms with E-state index in [1.807, 2.05) is 0 Å². The number of azo groups is 1. The van der Waals surface area contributed by atoms with Gasteiger partial charge in [0.25, 0.3) is 0 Å². The molecule has 4 aromatic carbocycles. The van der Waals surface area contributed by atoms with Gasteiger partial charge >= 0.3 is 34.1 Å². The second kappa shape index (κ2) is 16.1. The fraction of sp³-hybridized carbons (Fsp3) is 0. The van der Waals surface area contributed by atoms with E-state index in [0.717, 1.165) is 12.1 Å². The third kappa shape index (κ3) is 10.1. The minimum atomic E-state index is -5.64. The summed E-state index contributed by atoms with van der Waals surface area (Å²) in [4.78, 5) is 7.54. The van der Waals surface area contributed by atoms with E-state index in [-0.39, 0.29) is 39.8 Å². The number of phenolic OH excluding ortho intramolecular Hbond substituents is 2.